The summed E-state index contributed by atoms with van der Waals surface area (Å²) in [6.45, 7) is 4.17. The number of aryl methyl sites for hydroxylation is 1. The van der Waals surface area contributed by atoms with Crippen molar-refractivity contribution in [2.24, 2.45) is 0 Å². The lowest BCUT2D eigenvalue weighted by Crippen LogP contribution is -2.31. The van der Waals surface area contributed by atoms with Gasteiger partial charge in [-0.1, -0.05) is 35.4 Å². The van der Waals surface area contributed by atoms with E-state index in [4.69, 9.17) is 11.6 Å². The van der Waals surface area contributed by atoms with E-state index in [1.165, 1.54) is 17.7 Å². The average molecular weight is 469 g/mol. The monoisotopic (exact) mass is 468 g/mol. The average Bonchev–Trinajstić information content (AvgIpc) is 2.79. The molecular formula is C25H20ClF3N4. The molecule has 0 saturated carbocycles. The minimum absolute atomic E-state index is 0.438. The standard InChI is InChI=1S/C25H20ClF3N4/c1-15-2-7-21-17(10-15)11-18(23(26)31-21)13-33-9-8-22-19(14-33)12-30-24(32-22)16-3-5-20(6-4-16)25(27,28)29/h2-7,10-12H,8-9,13-14H2,1H3. The van der Waals surface area contributed by atoms with Gasteiger partial charge in [-0.25, -0.2) is 15.0 Å². The fourth-order valence-electron chi connectivity index (χ4n) is 4.12. The second-order valence-electron chi connectivity index (χ2n) is 8.34. The highest BCUT2D eigenvalue weighted by atomic mass is 35.5. The molecule has 0 aliphatic carbocycles. The number of halogens is 4. The van der Waals surface area contributed by atoms with Gasteiger partial charge in [-0.3, -0.25) is 4.90 Å². The summed E-state index contributed by atoms with van der Waals surface area (Å²) in [4.78, 5) is 15.8. The number of fused-ring (bicyclic) bond motifs is 2. The third kappa shape index (κ3) is 4.56. The zero-order valence-corrected chi connectivity index (χ0v) is 18.6. The van der Waals surface area contributed by atoms with E-state index in [0.29, 0.717) is 29.6 Å². The zero-order chi connectivity index (χ0) is 23.2. The van der Waals surface area contributed by atoms with Gasteiger partial charge < -0.3 is 0 Å². The van der Waals surface area contributed by atoms with Gasteiger partial charge in [-0.15, -0.1) is 0 Å². The van der Waals surface area contributed by atoms with Crippen LogP contribution in [0, 0.1) is 6.92 Å². The van der Waals surface area contributed by atoms with E-state index in [1.54, 1.807) is 6.20 Å². The molecule has 33 heavy (non-hydrogen) atoms. The van der Waals surface area contributed by atoms with E-state index in [-0.39, 0.29) is 0 Å². The van der Waals surface area contributed by atoms with E-state index in [2.05, 4.69) is 32.0 Å². The highest BCUT2D eigenvalue weighted by molar-refractivity contribution is 6.30. The lowest BCUT2D eigenvalue weighted by atomic mass is 10.0. The van der Waals surface area contributed by atoms with Crippen molar-refractivity contribution in [3.8, 4) is 11.4 Å². The molecule has 5 rings (SSSR count). The normalized spacial score (nSPS) is 14.5. The smallest absolute Gasteiger partial charge is 0.294 e. The minimum Gasteiger partial charge on any atom is -0.294 e. The Labute approximate surface area is 194 Å². The second kappa shape index (κ2) is 8.39. The van der Waals surface area contributed by atoms with Gasteiger partial charge in [-0.2, -0.15) is 13.2 Å². The lowest BCUT2D eigenvalue weighted by Gasteiger charge is -2.28. The Hall–Kier alpha value is -3.03. The van der Waals surface area contributed by atoms with Crippen molar-refractivity contribution >= 4 is 22.5 Å². The van der Waals surface area contributed by atoms with Gasteiger partial charge in [0.05, 0.1) is 16.8 Å². The van der Waals surface area contributed by atoms with Crippen molar-refractivity contribution < 1.29 is 13.2 Å². The van der Waals surface area contributed by atoms with Crippen molar-refractivity contribution in [2.75, 3.05) is 6.54 Å². The van der Waals surface area contributed by atoms with Gasteiger partial charge in [0.1, 0.15) is 5.15 Å². The van der Waals surface area contributed by atoms with E-state index >= 15 is 0 Å². The molecule has 2 aromatic heterocycles. The molecule has 0 unspecified atom stereocenters. The fourth-order valence-corrected chi connectivity index (χ4v) is 4.33. The van der Waals surface area contributed by atoms with Gasteiger partial charge in [0, 0.05) is 54.3 Å². The first kappa shape index (κ1) is 21.8. The number of benzene rings is 2. The summed E-state index contributed by atoms with van der Waals surface area (Å²) < 4.78 is 38.4. The third-order valence-corrected chi connectivity index (χ3v) is 6.20. The topological polar surface area (TPSA) is 41.9 Å². The summed E-state index contributed by atoms with van der Waals surface area (Å²) >= 11 is 6.46. The van der Waals surface area contributed by atoms with Crippen molar-refractivity contribution in [1.29, 1.82) is 0 Å². The Bertz CT molecular complexity index is 1340. The summed E-state index contributed by atoms with van der Waals surface area (Å²) in [5.41, 5.74) is 4.84. The molecule has 168 valence electrons. The van der Waals surface area contributed by atoms with Crippen LogP contribution in [0.3, 0.4) is 0 Å². The van der Waals surface area contributed by atoms with E-state index < -0.39 is 11.7 Å². The quantitative estimate of drug-likeness (QED) is 0.334. The Morgan fingerprint density at radius 3 is 2.58 bits per heavy atom. The Morgan fingerprint density at radius 2 is 1.82 bits per heavy atom. The molecule has 0 atom stereocenters. The number of rotatable bonds is 3. The Kier molecular flexibility index (Phi) is 5.54. The lowest BCUT2D eigenvalue weighted by molar-refractivity contribution is -0.137. The summed E-state index contributed by atoms with van der Waals surface area (Å²) in [5.74, 6) is 0.438. The molecule has 0 saturated heterocycles. The summed E-state index contributed by atoms with van der Waals surface area (Å²) in [5, 5.41) is 1.57. The third-order valence-electron chi connectivity index (χ3n) is 5.87. The molecule has 4 aromatic rings. The maximum Gasteiger partial charge on any atom is 0.416 e. The number of hydrogen-bond acceptors (Lipinski definition) is 4. The van der Waals surface area contributed by atoms with Crippen molar-refractivity contribution in [2.45, 2.75) is 32.6 Å². The van der Waals surface area contributed by atoms with E-state index in [1.807, 2.05) is 19.1 Å². The first-order valence-corrected chi connectivity index (χ1v) is 10.9. The Morgan fingerprint density at radius 1 is 1.03 bits per heavy atom. The molecule has 4 nitrogen and oxygen atoms in total. The predicted molar refractivity (Wildman–Crippen MR) is 122 cm³/mol. The maximum absolute atomic E-state index is 12.8. The van der Waals surface area contributed by atoms with Crippen LogP contribution in [0.5, 0.6) is 0 Å². The molecule has 0 bridgehead atoms. The molecule has 0 radical (unpaired) electrons. The van der Waals surface area contributed by atoms with Crippen LogP contribution in [0.4, 0.5) is 13.2 Å². The number of aromatic nitrogens is 3. The molecule has 1 aliphatic rings. The van der Waals surface area contributed by atoms with Gasteiger partial charge in [-0.05, 0) is 37.3 Å². The first-order valence-electron chi connectivity index (χ1n) is 10.6. The maximum atomic E-state index is 12.8. The molecule has 0 spiro atoms. The SMILES string of the molecule is Cc1ccc2nc(Cl)c(CN3CCc4nc(-c5ccc(C(F)(F)F)cc5)ncc4C3)cc2c1. The van der Waals surface area contributed by atoms with Crippen molar-refractivity contribution in [3.63, 3.8) is 0 Å². The molecule has 1 aliphatic heterocycles. The van der Waals surface area contributed by atoms with E-state index in [0.717, 1.165) is 52.8 Å². The van der Waals surface area contributed by atoms with Gasteiger partial charge in [0.2, 0.25) is 0 Å². The molecular weight excluding hydrogens is 449 g/mol. The first-order chi connectivity index (χ1) is 15.8. The van der Waals surface area contributed by atoms with Crippen LogP contribution < -0.4 is 0 Å². The van der Waals surface area contributed by atoms with Crippen LogP contribution >= 0.6 is 11.6 Å². The highest BCUT2D eigenvalue weighted by Gasteiger charge is 2.30. The summed E-state index contributed by atoms with van der Waals surface area (Å²) in [7, 11) is 0. The molecule has 0 fully saturated rings. The van der Waals surface area contributed by atoms with Crippen molar-refractivity contribution in [3.05, 3.63) is 87.8 Å². The Balaban J connectivity index is 1.34. The second-order valence-corrected chi connectivity index (χ2v) is 8.69. The van der Waals surface area contributed by atoms with Crippen LogP contribution in [0.15, 0.2) is 54.7 Å². The minimum atomic E-state index is -4.36. The number of pyridine rings is 1. The van der Waals surface area contributed by atoms with Crippen LogP contribution in [0.1, 0.15) is 27.9 Å². The highest BCUT2D eigenvalue weighted by Crippen LogP contribution is 2.31. The van der Waals surface area contributed by atoms with Crippen LogP contribution in [-0.2, 0) is 25.7 Å². The molecule has 8 heteroatoms. The molecule has 0 amide bonds. The van der Waals surface area contributed by atoms with Crippen LogP contribution in [0.2, 0.25) is 5.15 Å². The number of alkyl halides is 3. The molecule has 0 N–H and O–H groups in total. The largest absolute Gasteiger partial charge is 0.416 e. The van der Waals surface area contributed by atoms with Gasteiger partial charge in [0.15, 0.2) is 5.82 Å². The molecule has 3 heterocycles. The van der Waals surface area contributed by atoms with Crippen molar-refractivity contribution in [1.82, 2.24) is 19.9 Å². The number of hydrogen-bond donors (Lipinski definition) is 0. The molecule has 2 aromatic carbocycles. The van der Waals surface area contributed by atoms with Crippen LogP contribution in [-0.4, -0.2) is 26.4 Å². The van der Waals surface area contributed by atoms with Crippen LogP contribution in [0.25, 0.3) is 22.3 Å². The van der Waals surface area contributed by atoms with Gasteiger partial charge >= 0.3 is 6.18 Å². The van der Waals surface area contributed by atoms with Gasteiger partial charge in [0.25, 0.3) is 0 Å². The fraction of sp³-hybridized carbons (Fsp3) is 0.240. The van der Waals surface area contributed by atoms with E-state index in [9.17, 15) is 13.2 Å². The zero-order valence-electron chi connectivity index (χ0n) is 17.8. The number of nitrogens with zero attached hydrogens (tertiary/aromatic N) is 4. The summed E-state index contributed by atoms with van der Waals surface area (Å²) in [6.07, 6.45) is -1.87. The summed E-state index contributed by atoms with van der Waals surface area (Å²) in [6, 6.07) is 13.1. The predicted octanol–water partition coefficient (Wildman–Crippen LogP) is 6.23.